The lowest BCUT2D eigenvalue weighted by Gasteiger charge is -2.33. The van der Waals surface area contributed by atoms with Crippen molar-refractivity contribution in [3.05, 3.63) is 29.8 Å². The van der Waals surface area contributed by atoms with Gasteiger partial charge in [0.25, 0.3) is 0 Å². The minimum atomic E-state index is -0.466. The molecule has 0 aliphatic carbocycles. The highest BCUT2D eigenvalue weighted by Crippen LogP contribution is 2.16. The number of piperidine rings is 1. The number of carbonyl (C=O) groups is 2. The maximum atomic E-state index is 12.1. The van der Waals surface area contributed by atoms with Gasteiger partial charge in [0.2, 0.25) is 5.91 Å². The van der Waals surface area contributed by atoms with Crippen LogP contribution in [-0.2, 0) is 16.1 Å². The van der Waals surface area contributed by atoms with Crippen molar-refractivity contribution in [3.8, 4) is 6.07 Å². The zero-order valence-electron chi connectivity index (χ0n) is 16.2. The van der Waals surface area contributed by atoms with Crippen LogP contribution in [0.2, 0.25) is 0 Å². The largest absolute Gasteiger partial charge is 0.444 e. The fraction of sp³-hybridized carbons (Fsp3) is 0.550. The molecule has 0 spiro atoms. The lowest BCUT2D eigenvalue weighted by atomic mass is 10.0. The quantitative estimate of drug-likeness (QED) is 0.828. The molecule has 1 saturated heterocycles. The lowest BCUT2D eigenvalue weighted by Crippen LogP contribution is -2.46. The minimum Gasteiger partial charge on any atom is -0.444 e. The number of nitrogens with one attached hydrogen (secondary N) is 2. The van der Waals surface area contributed by atoms with Gasteiger partial charge in [0.15, 0.2) is 0 Å². The molecule has 0 bridgehead atoms. The first kappa shape index (κ1) is 20.7. The molecule has 0 atom stereocenters. The molecule has 0 unspecified atom stereocenters. The van der Waals surface area contributed by atoms with Gasteiger partial charge in [-0.25, -0.2) is 4.79 Å². The number of amides is 2. The van der Waals surface area contributed by atoms with Crippen LogP contribution in [0.1, 0.15) is 45.6 Å². The van der Waals surface area contributed by atoms with E-state index >= 15 is 0 Å². The first-order valence-corrected chi connectivity index (χ1v) is 9.24. The second-order valence-corrected chi connectivity index (χ2v) is 7.70. The molecule has 1 fully saturated rings. The molecule has 2 N–H and O–H groups in total. The Labute approximate surface area is 160 Å². The van der Waals surface area contributed by atoms with Crippen LogP contribution in [0.15, 0.2) is 24.3 Å². The van der Waals surface area contributed by atoms with Crippen LogP contribution in [-0.4, -0.2) is 41.6 Å². The molecular formula is C20H28N4O3. The summed E-state index contributed by atoms with van der Waals surface area (Å²) in [4.78, 5) is 25.2. The van der Waals surface area contributed by atoms with Crippen LogP contribution in [0.4, 0.5) is 10.5 Å². The molecule has 146 valence electrons. The van der Waals surface area contributed by atoms with Gasteiger partial charge in [-0.3, -0.25) is 4.79 Å². The zero-order chi connectivity index (χ0) is 19.9. The number of anilines is 1. The minimum absolute atomic E-state index is 0.148. The van der Waals surface area contributed by atoms with Gasteiger partial charge in [0.1, 0.15) is 12.0 Å². The summed E-state index contributed by atoms with van der Waals surface area (Å²) in [5.41, 5.74) is 1.33. The first-order valence-electron chi connectivity index (χ1n) is 9.24. The van der Waals surface area contributed by atoms with Gasteiger partial charge in [-0.1, -0.05) is 12.1 Å². The van der Waals surface area contributed by atoms with Crippen LogP contribution in [0.25, 0.3) is 0 Å². The second-order valence-electron chi connectivity index (χ2n) is 7.70. The van der Waals surface area contributed by atoms with Gasteiger partial charge in [-0.15, -0.1) is 0 Å². The Hall–Kier alpha value is -2.59. The number of nitriles is 1. The summed E-state index contributed by atoms with van der Waals surface area (Å²) in [6.45, 7) is 7.73. The molecule has 0 aromatic heterocycles. The van der Waals surface area contributed by atoms with Gasteiger partial charge >= 0.3 is 6.09 Å². The Morgan fingerprint density at radius 2 is 1.85 bits per heavy atom. The smallest absolute Gasteiger partial charge is 0.410 e. The van der Waals surface area contributed by atoms with E-state index in [1.807, 2.05) is 51.1 Å². The maximum Gasteiger partial charge on any atom is 0.410 e. The molecule has 1 heterocycles. The third-order valence-corrected chi connectivity index (χ3v) is 4.22. The number of benzene rings is 1. The molecule has 2 rings (SSSR count). The van der Waals surface area contributed by atoms with Crippen molar-refractivity contribution < 1.29 is 14.3 Å². The molecule has 1 aromatic carbocycles. The molecule has 0 saturated carbocycles. The maximum absolute atomic E-state index is 12.1. The Morgan fingerprint density at radius 1 is 1.22 bits per heavy atom. The molecule has 7 nitrogen and oxygen atoms in total. The predicted octanol–water partition coefficient (Wildman–Crippen LogP) is 3.03. The molecule has 0 radical (unpaired) electrons. The number of hydrogen-bond acceptors (Lipinski definition) is 5. The molecule has 1 aliphatic heterocycles. The monoisotopic (exact) mass is 372 g/mol. The van der Waals surface area contributed by atoms with E-state index in [1.165, 1.54) is 0 Å². The highest BCUT2D eigenvalue weighted by molar-refractivity contribution is 5.91. The van der Waals surface area contributed by atoms with Crippen molar-refractivity contribution in [1.82, 2.24) is 10.2 Å². The van der Waals surface area contributed by atoms with Crippen LogP contribution >= 0.6 is 0 Å². The highest BCUT2D eigenvalue weighted by Gasteiger charge is 2.26. The van der Waals surface area contributed by atoms with E-state index in [4.69, 9.17) is 10.00 Å². The van der Waals surface area contributed by atoms with Crippen LogP contribution in [0, 0.1) is 11.3 Å². The van der Waals surface area contributed by atoms with Gasteiger partial charge in [0, 0.05) is 31.4 Å². The van der Waals surface area contributed by atoms with Crippen molar-refractivity contribution in [2.45, 2.75) is 58.2 Å². The molecule has 7 heteroatoms. The standard InChI is InChI=1S/C20H28N4O3/c1-20(2,3)27-19(26)24-12-9-16(10-13-24)22-14-15-4-6-17(7-5-15)23-18(25)8-11-21/h4-7,16,22H,8-10,12-14H2,1-3H3,(H,23,25). The number of hydrogen-bond donors (Lipinski definition) is 2. The molecule has 1 aliphatic rings. The number of nitrogens with zero attached hydrogens (tertiary/aromatic N) is 2. The Morgan fingerprint density at radius 3 is 2.41 bits per heavy atom. The predicted molar refractivity (Wildman–Crippen MR) is 103 cm³/mol. The van der Waals surface area contributed by atoms with E-state index in [1.54, 1.807) is 4.90 Å². The summed E-state index contributed by atoms with van der Waals surface area (Å²) in [6.07, 6.45) is 1.39. The van der Waals surface area contributed by atoms with E-state index in [-0.39, 0.29) is 18.4 Å². The van der Waals surface area contributed by atoms with Gasteiger partial charge in [-0.2, -0.15) is 5.26 Å². The molecule has 2 amide bonds. The van der Waals surface area contributed by atoms with E-state index in [0.29, 0.717) is 24.8 Å². The highest BCUT2D eigenvalue weighted by atomic mass is 16.6. The summed E-state index contributed by atoms with van der Waals surface area (Å²) in [7, 11) is 0. The van der Waals surface area contributed by atoms with Crippen LogP contribution < -0.4 is 10.6 Å². The summed E-state index contributed by atoms with van der Waals surface area (Å²) >= 11 is 0. The SMILES string of the molecule is CC(C)(C)OC(=O)N1CCC(NCc2ccc(NC(=O)CC#N)cc2)CC1. The summed E-state index contributed by atoms with van der Waals surface area (Å²) < 4.78 is 5.41. The first-order chi connectivity index (χ1) is 12.8. The molecular weight excluding hydrogens is 344 g/mol. The third-order valence-electron chi connectivity index (χ3n) is 4.22. The van der Waals surface area contributed by atoms with Crippen LogP contribution in [0.3, 0.4) is 0 Å². The van der Waals surface area contributed by atoms with Crippen molar-refractivity contribution in [2.24, 2.45) is 0 Å². The van der Waals surface area contributed by atoms with E-state index in [0.717, 1.165) is 24.9 Å². The topological polar surface area (TPSA) is 94.5 Å². The van der Waals surface area contributed by atoms with E-state index < -0.39 is 5.60 Å². The van der Waals surface area contributed by atoms with Gasteiger partial charge < -0.3 is 20.3 Å². The average Bonchev–Trinajstić information content (AvgIpc) is 2.60. The average molecular weight is 372 g/mol. The van der Waals surface area contributed by atoms with Crippen molar-refractivity contribution >= 4 is 17.7 Å². The zero-order valence-corrected chi connectivity index (χ0v) is 16.2. The lowest BCUT2D eigenvalue weighted by molar-refractivity contribution is -0.115. The summed E-state index contributed by atoms with van der Waals surface area (Å²) in [6, 6.07) is 9.74. The van der Waals surface area contributed by atoms with Crippen LogP contribution in [0.5, 0.6) is 0 Å². The Kier molecular flexibility index (Phi) is 7.19. The number of ether oxygens (including phenoxy) is 1. The number of likely N-dealkylation sites (tertiary alicyclic amines) is 1. The van der Waals surface area contributed by atoms with Crippen molar-refractivity contribution in [1.29, 1.82) is 5.26 Å². The van der Waals surface area contributed by atoms with Gasteiger partial charge in [0.05, 0.1) is 6.07 Å². The Balaban J connectivity index is 1.73. The second kappa shape index (κ2) is 9.38. The molecule has 27 heavy (non-hydrogen) atoms. The fourth-order valence-corrected chi connectivity index (χ4v) is 2.84. The number of rotatable bonds is 5. The number of carbonyl (C=O) groups excluding carboxylic acids is 2. The summed E-state index contributed by atoms with van der Waals surface area (Å²) in [5, 5.41) is 14.7. The Bertz CT molecular complexity index is 681. The van der Waals surface area contributed by atoms with Crippen molar-refractivity contribution in [2.75, 3.05) is 18.4 Å². The summed E-state index contributed by atoms with van der Waals surface area (Å²) in [5.74, 6) is -0.305. The van der Waals surface area contributed by atoms with Gasteiger partial charge in [-0.05, 0) is 51.3 Å². The normalized spacial score (nSPS) is 15.1. The third kappa shape index (κ3) is 7.27. The van der Waals surface area contributed by atoms with E-state index in [9.17, 15) is 9.59 Å². The van der Waals surface area contributed by atoms with Crippen molar-refractivity contribution in [3.63, 3.8) is 0 Å². The van der Waals surface area contributed by atoms with E-state index in [2.05, 4.69) is 10.6 Å². The molecule has 1 aromatic rings. The fourth-order valence-electron chi connectivity index (χ4n) is 2.84.